The van der Waals surface area contributed by atoms with Crippen molar-refractivity contribution in [2.24, 2.45) is 0 Å². The maximum Gasteiger partial charge on any atom is 0.252 e. The number of hydrogen-bond donors (Lipinski definition) is 1. The fourth-order valence-electron chi connectivity index (χ4n) is 2.72. The Morgan fingerprint density at radius 2 is 2.19 bits per heavy atom. The van der Waals surface area contributed by atoms with Crippen LogP contribution in [-0.2, 0) is 9.53 Å². The molecule has 16 heavy (non-hydrogen) atoms. The first-order valence-electron chi connectivity index (χ1n) is 6.39. The molecule has 1 aliphatic heterocycles. The topological polar surface area (TPSA) is 41.6 Å². The Balaban J connectivity index is 1.90. The molecule has 0 aromatic carbocycles. The van der Waals surface area contributed by atoms with Crippen LogP contribution in [-0.4, -0.2) is 49.7 Å². The average Bonchev–Trinajstić information content (AvgIpc) is 2.81. The minimum Gasteiger partial charge on any atom is -0.366 e. The predicted octanol–water partition coefficient (Wildman–Crippen LogP) is 0.766. The van der Waals surface area contributed by atoms with Crippen LogP contribution in [0.15, 0.2) is 0 Å². The third kappa shape index (κ3) is 2.55. The highest BCUT2D eigenvalue weighted by Crippen LogP contribution is 2.26. The molecule has 0 aromatic heterocycles. The fraction of sp³-hybridized carbons (Fsp3) is 0.917. The molecule has 0 aromatic rings. The second-order valence-electron chi connectivity index (χ2n) is 4.72. The van der Waals surface area contributed by atoms with E-state index in [0.717, 1.165) is 19.5 Å². The summed E-state index contributed by atoms with van der Waals surface area (Å²) in [5.74, 6) is 0.216. The van der Waals surface area contributed by atoms with Crippen molar-refractivity contribution in [3.63, 3.8) is 0 Å². The van der Waals surface area contributed by atoms with Crippen molar-refractivity contribution >= 4 is 5.91 Å². The van der Waals surface area contributed by atoms with E-state index in [0.29, 0.717) is 12.6 Å². The standard InChI is InChI=1S/C12H22N2O2/c1-13-7-6-11-12(15)14(8-9-16-11)10-4-2-3-5-10/h10-11,13H,2-9H2,1H3. The Morgan fingerprint density at radius 3 is 2.88 bits per heavy atom. The summed E-state index contributed by atoms with van der Waals surface area (Å²) in [7, 11) is 1.90. The van der Waals surface area contributed by atoms with E-state index in [-0.39, 0.29) is 12.0 Å². The van der Waals surface area contributed by atoms with Gasteiger partial charge >= 0.3 is 0 Å². The molecule has 0 spiro atoms. The van der Waals surface area contributed by atoms with Crippen LogP contribution >= 0.6 is 0 Å². The lowest BCUT2D eigenvalue weighted by Crippen LogP contribution is -2.52. The highest BCUT2D eigenvalue weighted by atomic mass is 16.5. The fourth-order valence-corrected chi connectivity index (χ4v) is 2.72. The zero-order valence-corrected chi connectivity index (χ0v) is 10.1. The molecule has 1 N–H and O–H groups in total. The van der Waals surface area contributed by atoms with Crippen LogP contribution < -0.4 is 5.32 Å². The van der Waals surface area contributed by atoms with Gasteiger partial charge < -0.3 is 15.0 Å². The van der Waals surface area contributed by atoms with Gasteiger partial charge in [-0.3, -0.25) is 4.79 Å². The second kappa shape index (κ2) is 5.64. The van der Waals surface area contributed by atoms with Gasteiger partial charge in [0.15, 0.2) is 0 Å². The summed E-state index contributed by atoms with van der Waals surface area (Å²) in [6.07, 6.45) is 5.50. The number of amides is 1. The van der Waals surface area contributed by atoms with Crippen LogP contribution in [0.3, 0.4) is 0 Å². The highest BCUT2D eigenvalue weighted by Gasteiger charge is 2.34. The van der Waals surface area contributed by atoms with Gasteiger partial charge in [0, 0.05) is 12.6 Å². The van der Waals surface area contributed by atoms with E-state index in [2.05, 4.69) is 10.2 Å². The van der Waals surface area contributed by atoms with E-state index in [4.69, 9.17) is 4.74 Å². The molecule has 2 fully saturated rings. The lowest BCUT2D eigenvalue weighted by molar-refractivity contribution is -0.156. The monoisotopic (exact) mass is 226 g/mol. The van der Waals surface area contributed by atoms with Crippen molar-refractivity contribution in [2.75, 3.05) is 26.7 Å². The van der Waals surface area contributed by atoms with Crippen LogP contribution in [0.4, 0.5) is 0 Å². The number of morpholine rings is 1. The van der Waals surface area contributed by atoms with Crippen molar-refractivity contribution in [3.8, 4) is 0 Å². The maximum atomic E-state index is 12.2. The molecule has 0 bridgehead atoms. The molecule has 0 radical (unpaired) electrons. The predicted molar refractivity (Wildman–Crippen MR) is 62.3 cm³/mol. The molecule has 92 valence electrons. The minimum absolute atomic E-state index is 0.207. The van der Waals surface area contributed by atoms with Gasteiger partial charge in [-0.05, 0) is 32.9 Å². The normalized spacial score (nSPS) is 27.7. The van der Waals surface area contributed by atoms with Gasteiger partial charge in [-0.25, -0.2) is 0 Å². The molecule has 1 unspecified atom stereocenters. The summed E-state index contributed by atoms with van der Waals surface area (Å²) >= 11 is 0. The van der Waals surface area contributed by atoms with E-state index >= 15 is 0 Å². The summed E-state index contributed by atoms with van der Waals surface area (Å²) in [6, 6.07) is 0.494. The van der Waals surface area contributed by atoms with Crippen LogP contribution in [0.5, 0.6) is 0 Å². The summed E-state index contributed by atoms with van der Waals surface area (Å²) in [5.41, 5.74) is 0. The molecule has 1 saturated carbocycles. The Hall–Kier alpha value is -0.610. The molecule has 1 atom stereocenters. The van der Waals surface area contributed by atoms with Gasteiger partial charge in [0.05, 0.1) is 6.61 Å². The van der Waals surface area contributed by atoms with Crippen molar-refractivity contribution in [2.45, 2.75) is 44.2 Å². The molecule has 4 nitrogen and oxygen atoms in total. The van der Waals surface area contributed by atoms with E-state index in [1.165, 1.54) is 25.7 Å². The number of nitrogens with zero attached hydrogens (tertiary/aromatic N) is 1. The SMILES string of the molecule is CNCCC1OCCN(C2CCCC2)C1=O. The molecular weight excluding hydrogens is 204 g/mol. The van der Waals surface area contributed by atoms with Gasteiger partial charge in [-0.2, -0.15) is 0 Å². The summed E-state index contributed by atoms with van der Waals surface area (Å²) in [4.78, 5) is 14.3. The number of hydrogen-bond acceptors (Lipinski definition) is 3. The van der Waals surface area contributed by atoms with Crippen molar-refractivity contribution in [1.82, 2.24) is 10.2 Å². The lowest BCUT2D eigenvalue weighted by atomic mass is 10.1. The third-order valence-corrected chi connectivity index (χ3v) is 3.63. The Bertz CT molecular complexity index is 239. The Morgan fingerprint density at radius 1 is 1.44 bits per heavy atom. The average molecular weight is 226 g/mol. The van der Waals surface area contributed by atoms with Gasteiger partial charge in [-0.15, -0.1) is 0 Å². The molecule has 1 amide bonds. The number of ether oxygens (including phenoxy) is 1. The molecule has 2 aliphatic rings. The second-order valence-corrected chi connectivity index (χ2v) is 4.72. The zero-order valence-electron chi connectivity index (χ0n) is 10.1. The summed E-state index contributed by atoms with van der Waals surface area (Å²) < 4.78 is 5.55. The quantitative estimate of drug-likeness (QED) is 0.769. The van der Waals surface area contributed by atoms with Gasteiger partial charge in [0.25, 0.3) is 5.91 Å². The van der Waals surface area contributed by atoms with Gasteiger partial charge in [0.1, 0.15) is 6.10 Å². The number of carbonyl (C=O) groups excluding carboxylic acids is 1. The molecule has 1 aliphatic carbocycles. The lowest BCUT2D eigenvalue weighted by Gasteiger charge is -2.36. The summed E-state index contributed by atoms with van der Waals surface area (Å²) in [6.45, 7) is 2.34. The highest BCUT2D eigenvalue weighted by molar-refractivity contribution is 5.81. The number of carbonyl (C=O) groups is 1. The Labute approximate surface area is 97.3 Å². The first kappa shape index (κ1) is 11.9. The summed E-state index contributed by atoms with van der Waals surface area (Å²) in [5, 5.41) is 3.07. The van der Waals surface area contributed by atoms with Crippen LogP contribution in [0.2, 0.25) is 0 Å². The number of nitrogens with one attached hydrogen (secondary N) is 1. The van der Waals surface area contributed by atoms with Crippen molar-refractivity contribution in [3.05, 3.63) is 0 Å². The first-order valence-corrected chi connectivity index (χ1v) is 6.39. The molecular formula is C12H22N2O2. The maximum absolute atomic E-state index is 12.2. The number of rotatable bonds is 4. The smallest absolute Gasteiger partial charge is 0.252 e. The molecule has 4 heteroatoms. The van der Waals surface area contributed by atoms with E-state index in [1.54, 1.807) is 0 Å². The molecule has 1 saturated heterocycles. The van der Waals surface area contributed by atoms with E-state index in [9.17, 15) is 4.79 Å². The van der Waals surface area contributed by atoms with E-state index in [1.807, 2.05) is 7.05 Å². The van der Waals surface area contributed by atoms with E-state index < -0.39 is 0 Å². The largest absolute Gasteiger partial charge is 0.366 e. The van der Waals surface area contributed by atoms with Crippen molar-refractivity contribution < 1.29 is 9.53 Å². The minimum atomic E-state index is -0.207. The van der Waals surface area contributed by atoms with Crippen LogP contribution in [0.1, 0.15) is 32.1 Å². The molecule has 2 rings (SSSR count). The zero-order chi connectivity index (χ0) is 11.4. The van der Waals surface area contributed by atoms with Gasteiger partial charge in [0.2, 0.25) is 0 Å². The van der Waals surface area contributed by atoms with Crippen LogP contribution in [0.25, 0.3) is 0 Å². The third-order valence-electron chi connectivity index (χ3n) is 3.63. The first-order chi connectivity index (χ1) is 7.83. The van der Waals surface area contributed by atoms with Gasteiger partial charge in [-0.1, -0.05) is 12.8 Å². The molecule has 1 heterocycles. The Kier molecular flexibility index (Phi) is 4.18. The van der Waals surface area contributed by atoms with Crippen molar-refractivity contribution in [1.29, 1.82) is 0 Å². The van der Waals surface area contributed by atoms with Crippen LogP contribution in [0, 0.1) is 0 Å².